The van der Waals surface area contributed by atoms with Crippen molar-refractivity contribution in [3.8, 4) is 0 Å². The third-order valence-electron chi connectivity index (χ3n) is 4.28. The van der Waals surface area contributed by atoms with Gasteiger partial charge < -0.3 is 16.3 Å². The summed E-state index contributed by atoms with van der Waals surface area (Å²) >= 11 is 0. The van der Waals surface area contributed by atoms with Gasteiger partial charge in [-0.3, -0.25) is 4.79 Å². The van der Waals surface area contributed by atoms with Crippen LogP contribution < -0.4 is 11.1 Å². The average molecular weight is 289 g/mol. The standard InChI is InChI=1S/C16H23N3O2/c17-14(19-21)16(10-5-2-6-11-16)15(20)18-12-9-13-7-3-1-4-8-13/h1,3-4,7-8,21H,2,5-6,9-12H2,(H2,17,19)(H,18,20). The van der Waals surface area contributed by atoms with Crippen molar-refractivity contribution in [3.63, 3.8) is 0 Å². The molecule has 0 spiro atoms. The monoisotopic (exact) mass is 289 g/mol. The molecule has 1 amide bonds. The number of oxime groups is 1. The van der Waals surface area contributed by atoms with Crippen molar-refractivity contribution in [1.82, 2.24) is 5.32 Å². The molecule has 1 saturated carbocycles. The lowest BCUT2D eigenvalue weighted by atomic mass is 9.72. The van der Waals surface area contributed by atoms with Crippen LogP contribution in [0.15, 0.2) is 35.5 Å². The first-order valence-electron chi connectivity index (χ1n) is 7.49. The first-order chi connectivity index (χ1) is 10.2. The molecule has 0 aromatic heterocycles. The lowest BCUT2D eigenvalue weighted by Gasteiger charge is -2.34. The lowest BCUT2D eigenvalue weighted by Crippen LogP contribution is -2.51. The fourth-order valence-electron chi connectivity index (χ4n) is 2.98. The van der Waals surface area contributed by atoms with Crippen LogP contribution in [0, 0.1) is 5.41 Å². The number of nitrogens with zero attached hydrogens (tertiary/aromatic N) is 1. The number of amidine groups is 1. The Balaban J connectivity index is 1.96. The summed E-state index contributed by atoms with van der Waals surface area (Å²) in [6.07, 6.45) is 5.04. The normalized spacial score (nSPS) is 18.2. The van der Waals surface area contributed by atoms with Gasteiger partial charge in [-0.2, -0.15) is 0 Å². The summed E-state index contributed by atoms with van der Waals surface area (Å²) in [5.41, 5.74) is 6.16. The van der Waals surface area contributed by atoms with Gasteiger partial charge in [0.2, 0.25) is 5.91 Å². The zero-order valence-electron chi connectivity index (χ0n) is 12.2. The van der Waals surface area contributed by atoms with Gasteiger partial charge in [0.05, 0.1) is 0 Å². The number of carbonyl (C=O) groups is 1. The number of rotatable bonds is 5. The summed E-state index contributed by atoms with van der Waals surface area (Å²) in [5.74, 6) is -0.0761. The fraction of sp³-hybridized carbons (Fsp3) is 0.500. The Morgan fingerprint density at radius 3 is 2.52 bits per heavy atom. The number of hydrogen-bond acceptors (Lipinski definition) is 3. The first kappa shape index (κ1) is 15.4. The molecule has 114 valence electrons. The first-order valence-corrected chi connectivity index (χ1v) is 7.49. The minimum Gasteiger partial charge on any atom is -0.409 e. The highest BCUT2D eigenvalue weighted by molar-refractivity contribution is 6.06. The molecule has 2 rings (SSSR count). The second-order valence-corrected chi connectivity index (χ2v) is 5.62. The molecule has 5 heteroatoms. The van der Waals surface area contributed by atoms with Gasteiger partial charge in [-0.1, -0.05) is 54.8 Å². The van der Waals surface area contributed by atoms with Gasteiger partial charge in [0.1, 0.15) is 5.41 Å². The maximum atomic E-state index is 12.5. The molecule has 0 radical (unpaired) electrons. The van der Waals surface area contributed by atoms with E-state index in [9.17, 15) is 4.79 Å². The minimum absolute atomic E-state index is 0.0411. The van der Waals surface area contributed by atoms with Crippen LogP contribution in [0.5, 0.6) is 0 Å². The highest BCUT2D eigenvalue weighted by atomic mass is 16.4. The molecule has 4 N–H and O–H groups in total. The van der Waals surface area contributed by atoms with E-state index in [4.69, 9.17) is 10.9 Å². The van der Waals surface area contributed by atoms with E-state index in [1.807, 2.05) is 30.3 Å². The summed E-state index contributed by atoms with van der Waals surface area (Å²) in [6.45, 7) is 0.559. The van der Waals surface area contributed by atoms with Crippen LogP contribution in [0.2, 0.25) is 0 Å². The van der Waals surface area contributed by atoms with Gasteiger partial charge in [-0.05, 0) is 24.8 Å². The molecular weight excluding hydrogens is 266 g/mol. The molecule has 1 aromatic carbocycles. The summed E-state index contributed by atoms with van der Waals surface area (Å²) in [7, 11) is 0. The van der Waals surface area contributed by atoms with E-state index >= 15 is 0 Å². The van der Waals surface area contributed by atoms with Gasteiger partial charge in [0.25, 0.3) is 0 Å². The quantitative estimate of drug-likeness (QED) is 0.335. The van der Waals surface area contributed by atoms with E-state index in [1.165, 1.54) is 5.56 Å². The molecule has 21 heavy (non-hydrogen) atoms. The van der Waals surface area contributed by atoms with Crippen LogP contribution in [0.25, 0.3) is 0 Å². The molecule has 0 saturated heterocycles. The van der Waals surface area contributed by atoms with Crippen molar-refractivity contribution in [2.75, 3.05) is 6.54 Å². The SMILES string of the molecule is NC(=NO)C1(C(=O)NCCc2ccccc2)CCCCC1. The summed E-state index contributed by atoms with van der Waals surface area (Å²) in [4.78, 5) is 12.5. The van der Waals surface area contributed by atoms with Crippen molar-refractivity contribution in [3.05, 3.63) is 35.9 Å². The molecule has 0 atom stereocenters. The van der Waals surface area contributed by atoms with Crippen molar-refractivity contribution >= 4 is 11.7 Å². The third kappa shape index (κ3) is 3.54. The topological polar surface area (TPSA) is 87.7 Å². The molecule has 0 aliphatic heterocycles. The highest BCUT2D eigenvalue weighted by Gasteiger charge is 2.43. The van der Waals surface area contributed by atoms with Crippen LogP contribution >= 0.6 is 0 Å². The predicted octanol–water partition coefficient (Wildman–Crippen LogP) is 2.04. The van der Waals surface area contributed by atoms with Crippen LogP contribution in [0.3, 0.4) is 0 Å². The number of carbonyl (C=O) groups excluding carboxylic acids is 1. The van der Waals surface area contributed by atoms with Crippen LogP contribution in [-0.4, -0.2) is 23.5 Å². The van der Waals surface area contributed by atoms with Gasteiger partial charge in [-0.25, -0.2) is 0 Å². The van der Waals surface area contributed by atoms with E-state index in [0.29, 0.717) is 19.4 Å². The second-order valence-electron chi connectivity index (χ2n) is 5.62. The molecule has 0 heterocycles. The maximum Gasteiger partial charge on any atom is 0.233 e. The Morgan fingerprint density at radius 1 is 1.24 bits per heavy atom. The zero-order valence-corrected chi connectivity index (χ0v) is 12.2. The highest BCUT2D eigenvalue weighted by Crippen LogP contribution is 2.36. The fourth-order valence-corrected chi connectivity index (χ4v) is 2.98. The molecule has 1 aromatic rings. The number of nitrogens with one attached hydrogen (secondary N) is 1. The van der Waals surface area contributed by atoms with Gasteiger partial charge in [0.15, 0.2) is 5.84 Å². The summed E-state index contributed by atoms with van der Waals surface area (Å²) in [5, 5.41) is 15.0. The van der Waals surface area contributed by atoms with Crippen LogP contribution in [0.1, 0.15) is 37.7 Å². The van der Waals surface area contributed by atoms with Gasteiger partial charge in [0, 0.05) is 6.54 Å². The van der Waals surface area contributed by atoms with E-state index in [-0.39, 0.29) is 11.7 Å². The smallest absolute Gasteiger partial charge is 0.233 e. The molecule has 5 nitrogen and oxygen atoms in total. The molecule has 1 aliphatic carbocycles. The van der Waals surface area contributed by atoms with Crippen LogP contribution in [0.4, 0.5) is 0 Å². The Kier molecular flexibility index (Phi) is 5.20. The number of amides is 1. The lowest BCUT2D eigenvalue weighted by molar-refractivity contribution is -0.129. The van der Waals surface area contributed by atoms with Crippen molar-refractivity contribution in [1.29, 1.82) is 0 Å². The predicted molar refractivity (Wildman–Crippen MR) is 82.1 cm³/mol. The van der Waals surface area contributed by atoms with Gasteiger partial charge >= 0.3 is 0 Å². The molecule has 0 unspecified atom stereocenters. The Morgan fingerprint density at radius 2 is 1.90 bits per heavy atom. The van der Waals surface area contributed by atoms with Crippen LogP contribution in [-0.2, 0) is 11.2 Å². The average Bonchev–Trinajstić information content (AvgIpc) is 2.55. The minimum atomic E-state index is -0.830. The maximum absolute atomic E-state index is 12.5. The summed E-state index contributed by atoms with van der Waals surface area (Å²) < 4.78 is 0. The van der Waals surface area contributed by atoms with E-state index < -0.39 is 5.41 Å². The number of nitrogens with two attached hydrogens (primary N) is 1. The largest absolute Gasteiger partial charge is 0.409 e. The second kappa shape index (κ2) is 7.11. The number of benzene rings is 1. The Labute approximate surface area is 125 Å². The molecule has 1 fully saturated rings. The zero-order chi connectivity index (χ0) is 15.1. The Hall–Kier alpha value is -2.04. The third-order valence-corrected chi connectivity index (χ3v) is 4.28. The molecular formula is C16H23N3O2. The van der Waals surface area contributed by atoms with Gasteiger partial charge in [-0.15, -0.1) is 0 Å². The van der Waals surface area contributed by atoms with E-state index in [2.05, 4.69) is 10.5 Å². The van der Waals surface area contributed by atoms with Crippen molar-refractivity contribution < 1.29 is 10.0 Å². The van der Waals surface area contributed by atoms with Crippen molar-refractivity contribution in [2.24, 2.45) is 16.3 Å². The summed E-state index contributed by atoms with van der Waals surface area (Å²) in [6, 6.07) is 10.0. The van der Waals surface area contributed by atoms with Crippen molar-refractivity contribution in [2.45, 2.75) is 38.5 Å². The Bertz CT molecular complexity index is 494. The number of hydrogen-bond donors (Lipinski definition) is 3. The molecule has 0 bridgehead atoms. The van der Waals surface area contributed by atoms with E-state index in [1.54, 1.807) is 0 Å². The van der Waals surface area contributed by atoms with E-state index in [0.717, 1.165) is 25.7 Å². The molecule has 1 aliphatic rings.